The first-order chi connectivity index (χ1) is 16.2. The predicted molar refractivity (Wildman–Crippen MR) is 121 cm³/mol. The molecule has 1 aromatic carbocycles. The van der Waals surface area contributed by atoms with Crippen molar-refractivity contribution in [3.8, 4) is 5.75 Å². The number of nitrogens with zero attached hydrogens (tertiary/aromatic N) is 1. The third-order valence-corrected chi connectivity index (χ3v) is 7.58. The van der Waals surface area contributed by atoms with Gasteiger partial charge in [-0.05, 0) is 66.8 Å². The number of carbonyl (C=O) groups excluding carboxylic acids is 1. The number of esters is 1. The number of aryl methyl sites for hydroxylation is 1. The van der Waals surface area contributed by atoms with Gasteiger partial charge in [0, 0.05) is 25.1 Å². The second-order valence-electron chi connectivity index (χ2n) is 9.97. The lowest BCUT2D eigenvalue weighted by Crippen LogP contribution is -2.56. The number of hydrogen-bond acceptors (Lipinski definition) is 5. The van der Waals surface area contributed by atoms with Crippen LogP contribution in [0.1, 0.15) is 61.6 Å². The number of anilines is 1. The second kappa shape index (κ2) is 8.47. The van der Waals surface area contributed by atoms with Crippen molar-refractivity contribution >= 4 is 11.8 Å². The van der Waals surface area contributed by atoms with E-state index in [9.17, 15) is 18.0 Å². The van der Waals surface area contributed by atoms with E-state index in [-0.39, 0.29) is 35.3 Å². The molecule has 8 heteroatoms. The highest BCUT2D eigenvalue weighted by molar-refractivity contribution is 5.73. The van der Waals surface area contributed by atoms with Crippen molar-refractivity contribution in [2.24, 2.45) is 11.8 Å². The van der Waals surface area contributed by atoms with Gasteiger partial charge in [-0.2, -0.15) is 13.2 Å². The van der Waals surface area contributed by atoms with E-state index < -0.39 is 11.7 Å². The summed E-state index contributed by atoms with van der Waals surface area (Å²) < 4.78 is 51.4. The highest BCUT2D eigenvalue weighted by Gasteiger charge is 2.49. The standard InChI is InChI=1S/C26H29F3N2O3/c1-15(24(32)33-2)22(17-6-7-17)18-8-5-16-9-10-25(34-21(16)12-18)13-19(14-25)31-23-20(26(27,28)29)4-3-11-30-23/h3-5,8,11-12,15,17,19,22H,6-7,9-10,13-14H2,1-2H3,(H,30,31)/t15-,19?,22+,25?/m1/s1. The topological polar surface area (TPSA) is 60.5 Å². The molecule has 2 aliphatic carbocycles. The minimum Gasteiger partial charge on any atom is -0.487 e. The molecule has 2 atom stereocenters. The maximum Gasteiger partial charge on any atom is 0.419 e. The Labute approximate surface area is 197 Å². The molecule has 2 heterocycles. The van der Waals surface area contributed by atoms with E-state index in [1.807, 2.05) is 6.92 Å². The maximum atomic E-state index is 13.3. The molecule has 1 aliphatic heterocycles. The van der Waals surface area contributed by atoms with Crippen molar-refractivity contribution in [2.75, 3.05) is 12.4 Å². The zero-order chi connectivity index (χ0) is 24.1. The van der Waals surface area contributed by atoms with Crippen LogP contribution in [0, 0.1) is 11.8 Å². The lowest BCUT2D eigenvalue weighted by Gasteiger charge is -2.50. The third kappa shape index (κ3) is 4.34. The molecule has 3 aliphatic rings. The van der Waals surface area contributed by atoms with Crippen molar-refractivity contribution in [3.05, 3.63) is 53.2 Å². The lowest BCUT2D eigenvalue weighted by atomic mass is 9.70. The van der Waals surface area contributed by atoms with Crippen molar-refractivity contribution in [1.82, 2.24) is 4.98 Å². The van der Waals surface area contributed by atoms with E-state index in [0.29, 0.717) is 18.8 Å². The minimum atomic E-state index is -4.45. The van der Waals surface area contributed by atoms with Gasteiger partial charge in [-0.1, -0.05) is 19.1 Å². The van der Waals surface area contributed by atoms with Crippen LogP contribution in [0.2, 0.25) is 0 Å². The highest BCUT2D eigenvalue weighted by Crippen LogP contribution is 2.50. The number of ether oxygens (including phenoxy) is 2. The smallest absolute Gasteiger partial charge is 0.419 e. The van der Waals surface area contributed by atoms with Gasteiger partial charge in [0.05, 0.1) is 18.6 Å². The van der Waals surface area contributed by atoms with E-state index in [4.69, 9.17) is 9.47 Å². The van der Waals surface area contributed by atoms with E-state index in [1.54, 1.807) is 0 Å². The number of benzene rings is 1. The molecule has 2 saturated carbocycles. The summed E-state index contributed by atoms with van der Waals surface area (Å²) in [7, 11) is 1.42. The normalized spacial score (nSPS) is 25.5. The van der Waals surface area contributed by atoms with Crippen LogP contribution in [0.5, 0.6) is 5.75 Å². The molecule has 0 radical (unpaired) electrons. The van der Waals surface area contributed by atoms with Gasteiger partial charge in [-0.25, -0.2) is 4.98 Å². The van der Waals surface area contributed by atoms with Crippen LogP contribution < -0.4 is 10.1 Å². The average Bonchev–Trinajstić information content (AvgIpc) is 3.62. The van der Waals surface area contributed by atoms with Gasteiger partial charge < -0.3 is 14.8 Å². The van der Waals surface area contributed by atoms with Gasteiger partial charge in [0.25, 0.3) is 0 Å². The number of alkyl halides is 3. The molecule has 0 saturated heterocycles. The monoisotopic (exact) mass is 474 g/mol. The van der Waals surface area contributed by atoms with Crippen LogP contribution in [0.15, 0.2) is 36.5 Å². The molecule has 1 aromatic heterocycles. The lowest BCUT2D eigenvalue weighted by molar-refractivity contribution is -0.145. The Kier molecular flexibility index (Phi) is 5.73. The first-order valence-electron chi connectivity index (χ1n) is 11.9. The Morgan fingerprint density at radius 2 is 2.03 bits per heavy atom. The van der Waals surface area contributed by atoms with E-state index >= 15 is 0 Å². The van der Waals surface area contributed by atoms with Gasteiger partial charge in [-0.15, -0.1) is 0 Å². The summed E-state index contributed by atoms with van der Waals surface area (Å²) in [5.74, 6) is 0.846. The number of rotatable bonds is 6. The molecule has 1 spiro atoms. The number of aromatic nitrogens is 1. The van der Waals surface area contributed by atoms with E-state index in [1.165, 1.54) is 19.4 Å². The molecule has 0 bridgehead atoms. The number of carbonyl (C=O) groups is 1. The van der Waals surface area contributed by atoms with Crippen molar-refractivity contribution in [1.29, 1.82) is 0 Å². The fourth-order valence-electron chi connectivity index (χ4n) is 5.65. The first-order valence-corrected chi connectivity index (χ1v) is 11.9. The number of fused-ring (bicyclic) bond motifs is 1. The maximum absolute atomic E-state index is 13.3. The molecule has 5 rings (SSSR count). The Bertz CT molecular complexity index is 1080. The molecule has 0 amide bonds. The van der Waals surface area contributed by atoms with Gasteiger partial charge in [0.1, 0.15) is 17.2 Å². The SMILES string of the molecule is COC(=O)[C@H](C)[C@H](c1ccc2c(c1)OC1(CC2)CC(Nc2ncccc2C(F)(F)F)C1)C1CC1. The first kappa shape index (κ1) is 23.0. The predicted octanol–water partition coefficient (Wildman–Crippen LogP) is 5.74. The van der Waals surface area contributed by atoms with Gasteiger partial charge >= 0.3 is 12.1 Å². The fourth-order valence-corrected chi connectivity index (χ4v) is 5.65. The zero-order valence-electron chi connectivity index (χ0n) is 19.3. The molecule has 182 valence electrons. The fraction of sp³-hybridized carbons (Fsp3) is 0.538. The summed E-state index contributed by atoms with van der Waals surface area (Å²) >= 11 is 0. The van der Waals surface area contributed by atoms with Crippen LogP contribution in [-0.2, 0) is 22.1 Å². The molecular formula is C26H29F3N2O3. The summed E-state index contributed by atoms with van der Waals surface area (Å²) in [6, 6.07) is 8.48. The summed E-state index contributed by atoms with van der Waals surface area (Å²) in [5, 5.41) is 2.97. The number of hydrogen-bond donors (Lipinski definition) is 1. The Morgan fingerprint density at radius 3 is 2.71 bits per heavy atom. The summed E-state index contributed by atoms with van der Waals surface area (Å²) in [6.07, 6.45) is 2.06. The number of pyridine rings is 1. The average molecular weight is 475 g/mol. The molecule has 2 aromatic rings. The summed E-state index contributed by atoms with van der Waals surface area (Å²) in [4.78, 5) is 16.2. The molecule has 0 unspecified atom stereocenters. The van der Waals surface area contributed by atoms with E-state index in [0.717, 1.165) is 48.6 Å². The number of nitrogens with one attached hydrogen (secondary N) is 1. The number of halogens is 3. The third-order valence-electron chi connectivity index (χ3n) is 7.58. The van der Waals surface area contributed by atoms with Gasteiger partial charge in [0.2, 0.25) is 0 Å². The second-order valence-corrected chi connectivity index (χ2v) is 9.97. The zero-order valence-corrected chi connectivity index (χ0v) is 19.3. The van der Waals surface area contributed by atoms with Crippen molar-refractivity contribution in [3.63, 3.8) is 0 Å². The van der Waals surface area contributed by atoms with Gasteiger partial charge in [0.15, 0.2) is 0 Å². The van der Waals surface area contributed by atoms with Crippen molar-refractivity contribution < 1.29 is 27.4 Å². The molecule has 1 N–H and O–H groups in total. The van der Waals surface area contributed by atoms with Crippen LogP contribution in [0.3, 0.4) is 0 Å². The minimum absolute atomic E-state index is 0.0972. The Hall–Kier alpha value is -2.77. The number of methoxy groups -OCH3 is 1. The Morgan fingerprint density at radius 1 is 1.26 bits per heavy atom. The van der Waals surface area contributed by atoms with Gasteiger partial charge in [-0.3, -0.25) is 4.79 Å². The van der Waals surface area contributed by atoms with Crippen LogP contribution in [0.25, 0.3) is 0 Å². The Balaban J connectivity index is 1.29. The quantitative estimate of drug-likeness (QED) is 0.541. The largest absolute Gasteiger partial charge is 0.487 e. The molecule has 34 heavy (non-hydrogen) atoms. The molecular weight excluding hydrogens is 445 g/mol. The van der Waals surface area contributed by atoms with Crippen molar-refractivity contribution in [2.45, 2.75) is 69.2 Å². The van der Waals surface area contributed by atoms with E-state index in [2.05, 4.69) is 28.5 Å². The molecule has 2 fully saturated rings. The van der Waals surface area contributed by atoms with Crippen LogP contribution >= 0.6 is 0 Å². The summed E-state index contributed by atoms with van der Waals surface area (Å²) in [5.41, 5.74) is 1.10. The highest BCUT2D eigenvalue weighted by atomic mass is 19.4. The van der Waals surface area contributed by atoms with Crippen LogP contribution in [0.4, 0.5) is 19.0 Å². The summed E-state index contributed by atoms with van der Waals surface area (Å²) in [6.45, 7) is 1.92. The molecule has 5 nitrogen and oxygen atoms in total. The van der Waals surface area contributed by atoms with Crippen LogP contribution in [-0.4, -0.2) is 29.7 Å².